The van der Waals surface area contributed by atoms with E-state index in [0.717, 1.165) is 24.7 Å². The van der Waals surface area contributed by atoms with Gasteiger partial charge in [0.2, 0.25) is 5.91 Å². The first-order chi connectivity index (χ1) is 16.0. The first kappa shape index (κ1) is 25.0. The van der Waals surface area contributed by atoms with Crippen LogP contribution in [0.1, 0.15) is 42.9 Å². The molecule has 1 amide bonds. The minimum atomic E-state index is -3.49. The van der Waals surface area contributed by atoms with Gasteiger partial charge in [0.05, 0.1) is 16.9 Å². The van der Waals surface area contributed by atoms with Crippen molar-refractivity contribution in [3.8, 4) is 0 Å². The zero-order valence-corrected chi connectivity index (χ0v) is 21.4. The van der Waals surface area contributed by atoms with Crippen LogP contribution in [0.5, 0.6) is 0 Å². The molecule has 2 heterocycles. The van der Waals surface area contributed by atoms with Gasteiger partial charge in [-0.1, -0.05) is 47.5 Å². The highest BCUT2D eigenvalue weighted by atomic mass is 35.5. The Morgan fingerprint density at radius 1 is 1.18 bits per heavy atom. The van der Waals surface area contributed by atoms with Crippen LogP contribution in [0, 0.1) is 0 Å². The molecule has 2 aliphatic heterocycles. The zero-order valence-electron chi connectivity index (χ0n) is 19.1. The van der Waals surface area contributed by atoms with Crippen LogP contribution in [0.15, 0.2) is 46.3 Å². The fourth-order valence-corrected chi connectivity index (χ4v) is 6.29. The van der Waals surface area contributed by atoms with Crippen molar-refractivity contribution >= 4 is 44.9 Å². The van der Waals surface area contributed by atoms with Crippen LogP contribution in [0.25, 0.3) is 0 Å². The fraction of sp³-hybridized carbons (Fsp3) is 0.417. The van der Waals surface area contributed by atoms with Crippen molar-refractivity contribution in [3.63, 3.8) is 0 Å². The number of carbonyl (C=O) groups is 1. The molecule has 4 rings (SSSR count). The normalized spacial score (nSPS) is 22.1. The number of sulfone groups is 1. The third-order valence-corrected chi connectivity index (χ3v) is 8.26. The summed E-state index contributed by atoms with van der Waals surface area (Å²) in [6, 6.07) is 10.3. The number of amides is 1. The van der Waals surface area contributed by atoms with Gasteiger partial charge in [-0.2, -0.15) is 0 Å². The number of nitrogens with two attached hydrogens (primary N) is 1. The molecule has 1 fully saturated rings. The van der Waals surface area contributed by atoms with Crippen molar-refractivity contribution in [1.82, 2.24) is 4.90 Å². The summed E-state index contributed by atoms with van der Waals surface area (Å²) in [6.07, 6.45) is 3.00. The molecule has 0 saturated carbocycles. The predicted octanol–water partition coefficient (Wildman–Crippen LogP) is 3.93. The molecule has 1 atom stereocenters. The molecule has 2 aliphatic rings. The van der Waals surface area contributed by atoms with E-state index in [2.05, 4.69) is 0 Å². The summed E-state index contributed by atoms with van der Waals surface area (Å²) in [4.78, 5) is 19.7. The summed E-state index contributed by atoms with van der Waals surface area (Å²) in [6.45, 7) is 3.02. The second-order valence-corrected chi connectivity index (χ2v) is 11.8. The molecule has 2 aromatic carbocycles. The average molecular weight is 524 g/mol. The highest BCUT2D eigenvalue weighted by Crippen LogP contribution is 2.40. The summed E-state index contributed by atoms with van der Waals surface area (Å²) in [7, 11) is -3.49. The van der Waals surface area contributed by atoms with Gasteiger partial charge >= 0.3 is 0 Å². The summed E-state index contributed by atoms with van der Waals surface area (Å²) in [5, 5.41) is 0.777. The van der Waals surface area contributed by atoms with E-state index < -0.39 is 15.4 Å². The summed E-state index contributed by atoms with van der Waals surface area (Å²) < 4.78 is 30.0. The molecule has 0 aliphatic carbocycles. The Labute approximate surface area is 209 Å². The number of carbonyl (C=O) groups excluding carboxylic acids is 1. The van der Waals surface area contributed by atoms with E-state index >= 15 is 0 Å². The van der Waals surface area contributed by atoms with Crippen molar-refractivity contribution in [2.24, 2.45) is 10.7 Å². The molecule has 2 aromatic rings. The molecule has 7 nitrogen and oxygen atoms in total. The van der Waals surface area contributed by atoms with Crippen LogP contribution < -0.4 is 5.73 Å². The quantitative estimate of drug-likeness (QED) is 0.639. The molecular formula is C24H27Cl2N3O4S. The lowest BCUT2D eigenvalue weighted by Gasteiger charge is -2.40. The minimum absolute atomic E-state index is 0.0179. The van der Waals surface area contributed by atoms with E-state index in [1.54, 1.807) is 17.0 Å². The van der Waals surface area contributed by atoms with E-state index in [-0.39, 0.29) is 35.6 Å². The Balaban J connectivity index is 1.69. The number of ether oxygens (including phenoxy) is 1. The average Bonchev–Trinajstić information content (AvgIpc) is 2.75. The molecule has 182 valence electrons. The zero-order chi connectivity index (χ0) is 24.7. The molecule has 0 bridgehead atoms. The Hall–Kier alpha value is -2.13. The molecule has 0 unspecified atom stereocenters. The lowest BCUT2D eigenvalue weighted by Crippen LogP contribution is -2.55. The van der Waals surface area contributed by atoms with E-state index in [9.17, 15) is 13.2 Å². The highest BCUT2D eigenvalue weighted by Gasteiger charge is 2.41. The van der Waals surface area contributed by atoms with Crippen LogP contribution in [-0.2, 0) is 31.3 Å². The monoisotopic (exact) mass is 523 g/mol. The van der Waals surface area contributed by atoms with Crippen molar-refractivity contribution in [2.45, 2.75) is 49.1 Å². The third-order valence-electron chi connectivity index (χ3n) is 6.40. The van der Waals surface area contributed by atoms with Gasteiger partial charge in [0, 0.05) is 42.0 Å². The SMILES string of the molecule is C[C@@]1(c2cccc(Cc3ccc(Cl)cc3S(C)(=O)=O)c2Cl)CC(=O)N(C2CCOCC2)C(N)=N1. The smallest absolute Gasteiger partial charge is 0.232 e. The second-order valence-electron chi connectivity index (χ2n) is 9.01. The topological polar surface area (TPSA) is 102 Å². The van der Waals surface area contributed by atoms with Gasteiger partial charge in [-0.05, 0) is 48.6 Å². The molecule has 0 aromatic heterocycles. The molecule has 10 heteroatoms. The van der Waals surface area contributed by atoms with Gasteiger partial charge in [-0.3, -0.25) is 9.69 Å². The van der Waals surface area contributed by atoms with Crippen molar-refractivity contribution in [1.29, 1.82) is 0 Å². The molecule has 2 N–H and O–H groups in total. The first-order valence-corrected chi connectivity index (χ1v) is 13.7. The van der Waals surface area contributed by atoms with Crippen LogP contribution in [0.3, 0.4) is 0 Å². The summed E-state index contributed by atoms with van der Waals surface area (Å²) >= 11 is 12.9. The maximum absolute atomic E-state index is 13.2. The molecular weight excluding hydrogens is 497 g/mol. The van der Waals surface area contributed by atoms with Crippen LogP contribution in [0.2, 0.25) is 10.0 Å². The third kappa shape index (κ3) is 4.96. The number of halogens is 2. The number of benzene rings is 2. The van der Waals surface area contributed by atoms with Gasteiger partial charge in [0.1, 0.15) is 0 Å². The minimum Gasteiger partial charge on any atom is -0.381 e. The number of hydrogen-bond donors (Lipinski definition) is 1. The number of rotatable bonds is 5. The summed E-state index contributed by atoms with van der Waals surface area (Å²) in [5.41, 5.74) is 7.35. The van der Waals surface area contributed by atoms with Gasteiger partial charge < -0.3 is 10.5 Å². The maximum atomic E-state index is 13.2. The van der Waals surface area contributed by atoms with Gasteiger partial charge in [0.15, 0.2) is 15.8 Å². The Morgan fingerprint density at radius 3 is 2.53 bits per heavy atom. The van der Waals surface area contributed by atoms with Gasteiger partial charge in [-0.25, -0.2) is 13.4 Å². The largest absolute Gasteiger partial charge is 0.381 e. The van der Waals surface area contributed by atoms with Crippen molar-refractivity contribution < 1.29 is 17.9 Å². The lowest BCUT2D eigenvalue weighted by atomic mass is 9.85. The Bertz CT molecular complexity index is 1260. The molecule has 0 radical (unpaired) electrons. The first-order valence-electron chi connectivity index (χ1n) is 11.0. The maximum Gasteiger partial charge on any atom is 0.232 e. The standard InChI is InChI=1S/C24H27Cl2N3O4S/c1-24(14-21(30)29(23(27)28-24)18-8-10-33-11-9-18)19-5-3-4-16(22(19)26)12-15-6-7-17(25)13-20(15)34(2,31)32/h3-7,13,18H,8-12,14H2,1-2H3,(H2,27,28)/t24-/m0/s1. The molecule has 34 heavy (non-hydrogen) atoms. The van der Waals surface area contributed by atoms with Crippen LogP contribution >= 0.6 is 23.2 Å². The van der Waals surface area contributed by atoms with E-state index in [0.29, 0.717) is 34.4 Å². The second kappa shape index (κ2) is 9.49. The molecule has 0 spiro atoms. The number of aliphatic imine (C=N–C) groups is 1. The van der Waals surface area contributed by atoms with E-state index in [1.165, 1.54) is 6.07 Å². The number of hydrogen-bond acceptors (Lipinski definition) is 6. The predicted molar refractivity (Wildman–Crippen MR) is 133 cm³/mol. The Kier molecular flexibility index (Phi) is 6.97. The van der Waals surface area contributed by atoms with E-state index in [4.69, 9.17) is 38.7 Å². The molecule has 1 saturated heterocycles. The van der Waals surface area contributed by atoms with Crippen molar-refractivity contribution in [3.05, 3.63) is 63.1 Å². The lowest BCUT2D eigenvalue weighted by molar-refractivity contribution is -0.132. The van der Waals surface area contributed by atoms with Gasteiger partial charge in [-0.15, -0.1) is 0 Å². The van der Waals surface area contributed by atoms with Crippen LogP contribution in [0.4, 0.5) is 0 Å². The van der Waals surface area contributed by atoms with Gasteiger partial charge in [0.25, 0.3) is 0 Å². The number of nitrogens with zero attached hydrogens (tertiary/aromatic N) is 2. The van der Waals surface area contributed by atoms with Crippen molar-refractivity contribution in [2.75, 3.05) is 19.5 Å². The number of guanidine groups is 1. The van der Waals surface area contributed by atoms with E-state index in [1.807, 2.05) is 25.1 Å². The Morgan fingerprint density at radius 2 is 1.88 bits per heavy atom. The summed E-state index contributed by atoms with van der Waals surface area (Å²) in [5.74, 6) is 0.0876. The highest BCUT2D eigenvalue weighted by molar-refractivity contribution is 7.90. The fourth-order valence-electron chi connectivity index (χ4n) is 4.70. The van der Waals surface area contributed by atoms with Crippen LogP contribution in [-0.4, -0.2) is 50.7 Å².